The Morgan fingerprint density at radius 3 is 2.38 bits per heavy atom. The number of hydrogen-bond donors (Lipinski definition) is 0. The fourth-order valence-corrected chi connectivity index (χ4v) is 7.57. The summed E-state index contributed by atoms with van der Waals surface area (Å²) in [6.07, 6.45) is 5.07. The minimum Gasteiger partial charge on any atom is -0.338 e. The highest BCUT2D eigenvalue weighted by molar-refractivity contribution is 6.42. The third-order valence-electron chi connectivity index (χ3n) is 9.98. The van der Waals surface area contributed by atoms with Crippen LogP contribution in [0.1, 0.15) is 57.9 Å². The second kappa shape index (κ2) is 13.6. The van der Waals surface area contributed by atoms with E-state index in [0.29, 0.717) is 41.1 Å². The van der Waals surface area contributed by atoms with Crippen LogP contribution in [0.2, 0.25) is 10.0 Å². The van der Waals surface area contributed by atoms with E-state index >= 15 is 0 Å². The number of likely N-dealkylation sites (tertiary alicyclic amines) is 2. The number of hydrogen-bond acceptors (Lipinski definition) is 5. The number of halogens is 2. The van der Waals surface area contributed by atoms with E-state index in [1.165, 1.54) is 0 Å². The molecule has 0 spiro atoms. The van der Waals surface area contributed by atoms with Gasteiger partial charge in [-0.2, -0.15) is 0 Å². The summed E-state index contributed by atoms with van der Waals surface area (Å²) in [5.41, 5.74) is 4.26. The molecular weight excluding hydrogens is 629 g/mol. The number of ketones is 1. The van der Waals surface area contributed by atoms with Crippen LogP contribution in [0.15, 0.2) is 97.2 Å². The van der Waals surface area contributed by atoms with Crippen molar-refractivity contribution in [1.82, 2.24) is 24.3 Å². The van der Waals surface area contributed by atoms with Crippen molar-refractivity contribution in [2.75, 3.05) is 32.7 Å². The molecule has 240 valence electrons. The monoisotopic (exact) mass is 665 g/mol. The predicted octanol–water partition coefficient (Wildman–Crippen LogP) is 7.56. The van der Waals surface area contributed by atoms with Crippen molar-refractivity contribution in [2.24, 2.45) is 5.92 Å². The van der Waals surface area contributed by atoms with Gasteiger partial charge in [-0.05, 0) is 99.4 Å². The van der Waals surface area contributed by atoms with Gasteiger partial charge < -0.3 is 14.4 Å². The smallest absolute Gasteiger partial charge is 0.253 e. The van der Waals surface area contributed by atoms with E-state index < -0.39 is 0 Å². The van der Waals surface area contributed by atoms with Crippen LogP contribution >= 0.6 is 23.2 Å². The number of amides is 1. The highest BCUT2D eigenvalue weighted by Crippen LogP contribution is 2.41. The largest absolute Gasteiger partial charge is 0.338 e. The van der Waals surface area contributed by atoms with Gasteiger partial charge in [-0.25, -0.2) is 4.98 Å². The van der Waals surface area contributed by atoms with Gasteiger partial charge in [0, 0.05) is 36.2 Å². The molecule has 2 aliphatic rings. The van der Waals surface area contributed by atoms with E-state index in [4.69, 9.17) is 28.2 Å². The van der Waals surface area contributed by atoms with Crippen LogP contribution in [0, 0.1) is 5.92 Å². The molecule has 7 nitrogen and oxygen atoms in total. The topological polar surface area (TPSA) is 71.3 Å². The fraction of sp³-hybridized carbons (Fsp3) is 0.316. The Morgan fingerprint density at radius 2 is 1.62 bits per heavy atom. The van der Waals surface area contributed by atoms with Gasteiger partial charge in [-0.1, -0.05) is 65.7 Å². The van der Waals surface area contributed by atoms with Gasteiger partial charge in [-0.15, -0.1) is 0 Å². The maximum absolute atomic E-state index is 14.0. The summed E-state index contributed by atoms with van der Waals surface area (Å²) in [5.74, 6) is 0.596. The number of piperidine rings is 1. The number of aromatic nitrogens is 3. The Hall–Kier alpha value is -4.04. The third kappa shape index (κ3) is 6.57. The van der Waals surface area contributed by atoms with Crippen LogP contribution in [0.3, 0.4) is 0 Å². The van der Waals surface area contributed by atoms with Crippen molar-refractivity contribution in [2.45, 2.75) is 37.6 Å². The van der Waals surface area contributed by atoms with Gasteiger partial charge in [0.05, 0.1) is 33.3 Å². The summed E-state index contributed by atoms with van der Waals surface area (Å²) >= 11 is 12.8. The number of nitrogens with zero attached hydrogens (tertiary/aromatic N) is 5. The predicted molar refractivity (Wildman–Crippen MR) is 186 cm³/mol. The lowest BCUT2D eigenvalue weighted by Crippen LogP contribution is -2.41. The molecule has 3 aromatic carbocycles. The average molecular weight is 667 g/mol. The van der Waals surface area contributed by atoms with E-state index in [9.17, 15) is 9.59 Å². The summed E-state index contributed by atoms with van der Waals surface area (Å²) in [7, 11) is 0. The second-order valence-electron chi connectivity index (χ2n) is 12.8. The second-order valence-corrected chi connectivity index (χ2v) is 13.6. The lowest BCUT2D eigenvalue weighted by Gasteiger charge is -2.36. The molecule has 9 heteroatoms. The number of carbonyl (C=O) groups is 2. The molecule has 1 atom stereocenters. The summed E-state index contributed by atoms with van der Waals surface area (Å²) in [6.45, 7) is 4.35. The molecule has 0 saturated carbocycles. The number of benzene rings is 3. The standard InChI is InChI=1S/C38H37Cl2N5O2/c39-31-14-13-29(24-32(31)40)38(18-23-44(26-38)37(47)28-8-2-1-3-9-28)17-22-43-20-15-27(16-21-43)35(46)36-42-33-11-4-5-12-34(33)45(36)25-30-10-6-7-19-41-30/h1-14,19,24,27H,15-18,20-23,25-26H2. The number of para-hydroxylation sites is 2. The molecule has 0 aliphatic carbocycles. The summed E-state index contributed by atoms with van der Waals surface area (Å²) in [4.78, 5) is 41.1. The van der Waals surface area contributed by atoms with Gasteiger partial charge in [0.1, 0.15) is 0 Å². The van der Waals surface area contributed by atoms with Gasteiger partial charge in [0.15, 0.2) is 5.82 Å². The quantitative estimate of drug-likeness (QED) is 0.152. The highest BCUT2D eigenvalue weighted by atomic mass is 35.5. The Morgan fingerprint density at radius 1 is 0.851 bits per heavy atom. The Bertz CT molecular complexity index is 1890. The molecule has 1 unspecified atom stereocenters. The lowest BCUT2D eigenvalue weighted by atomic mass is 9.76. The SMILES string of the molecule is O=C(c1nc2ccccc2n1Cc1ccccn1)C1CCN(CCC2(c3ccc(Cl)c(Cl)c3)CCN(C(=O)c3ccccc3)C2)CC1. The zero-order valence-electron chi connectivity index (χ0n) is 26.2. The van der Waals surface area contributed by atoms with Crippen molar-refractivity contribution in [3.05, 3.63) is 130 Å². The number of imidazole rings is 1. The Kier molecular flexibility index (Phi) is 9.13. The van der Waals surface area contributed by atoms with Crippen LogP contribution in [0.25, 0.3) is 11.0 Å². The van der Waals surface area contributed by atoms with Crippen LogP contribution in [0.4, 0.5) is 0 Å². The van der Waals surface area contributed by atoms with Gasteiger partial charge in [0.25, 0.3) is 5.91 Å². The maximum Gasteiger partial charge on any atom is 0.253 e. The molecule has 5 aromatic rings. The first kappa shape index (κ1) is 31.6. The minimum absolute atomic E-state index is 0.0564. The van der Waals surface area contributed by atoms with Crippen molar-refractivity contribution >= 4 is 45.9 Å². The van der Waals surface area contributed by atoms with Gasteiger partial charge in [0.2, 0.25) is 5.78 Å². The maximum atomic E-state index is 14.0. The Balaban J connectivity index is 1.04. The molecule has 2 aliphatic heterocycles. The van der Waals surface area contributed by atoms with Gasteiger partial charge >= 0.3 is 0 Å². The average Bonchev–Trinajstić information content (AvgIpc) is 3.72. The minimum atomic E-state index is -0.234. The molecule has 2 fully saturated rings. The zero-order valence-corrected chi connectivity index (χ0v) is 27.7. The molecule has 1 amide bonds. The van der Waals surface area contributed by atoms with Crippen LogP contribution in [0.5, 0.6) is 0 Å². The number of Topliss-reactive ketones (excluding diaryl/α,β-unsaturated/α-hetero) is 1. The Labute approximate surface area is 285 Å². The lowest BCUT2D eigenvalue weighted by molar-refractivity contribution is 0.0778. The molecule has 2 aromatic heterocycles. The molecule has 0 radical (unpaired) electrons. The van der Waals surface area contributed by atoms with Crippen molar-refractivity contribution in [1.29, 1.82) is 0 Å². The van der Waals surface area contributed by atoms with E-state index in [1.54, 1.807) is 6.20 Å². The van der Waals surface area contributed by atoms with E-state index in [1.807, 2.05) is 94.4 Å². The molecule has 7 rings (SSSR count). The number of carbonyl (C=O) groups excluding carboxylic acids is 2. The summed E-state index contributed by atoms with van der Waals surface area (Å²) < 4.78 is 2.02. The first-order valence-electron chi connectivity index (χ1n) is 16.3. The van der Waals surface area contributed by atoms with Crippen LogP contribution in [-0.4, -0.2) is 68.7 Å². The van der Waals surface area contributed by atoms with E-state index in [2.05, 4.69) is 16.0 Å². The van der Waals surface area contributed by atoms with Crippen molar-refractivity contribution < 1.29 is 9.59 Å². The highest BCUT2D eigenvalue weighted by Gasteiger charge is 2.42. The molecule has 0 bridgehead atoms. The summed E-state index contributed by atoms with van der Waals surface area (Å²) in [5, 5.41) is 1.06. The first-order valence-corrected chi connectivity index (χ1v) is 17.1. The molecular formula is C38H37Cl2N5O2. The molecule has 2 saturated heterocycles. The molecule has 4 heterocycles. The molecule has 47 heavy (non-hydrogen) atoms. The summed E-state index contributed by atoms with van der Waals surface area (Å²) in [6, 6.07) is 29.2. The normalized spacial score (nSPS) is 19.0. The number of fused-ring (bicyclic) bond motifs is 1. The zero-order chi connectivity index (χ0) is 32.4. The number of rotatable bonds is 9. The van der Waals surface area contributed by atoms with Crippen LogP contribution < -0.4 is 0 Å². The van der Waals surface area contributed by atoms with Gasteiger partial charge in [-0.3, -0.25) is 14.6 Å². The fourth-order valence-electron chi connectivity index (χ4n) is 7.27. The van der Waals surface area contributed by atoms with E-state index in [0.717, 1.165) is 67.6 Å². The first-order chi connectivity index (χ1) is 22.9. The van der Waals surface area contributed by atoms with Crippen molar-refractivity contribution in [3.8, 4) is 0 Å². The van der Waals surface area contributed by atoms with Crippen LogP contribution in [-0.2, 0) is 12.0 Å². The van der Waals surface area contributed by atoms with E-state index in [-0.39, 0.29) is 23.0 Å². The van der Waals surface area contributed by atoms with Crippen molar-refractivity contribution in [3.63, 3.8) is 0 Å². The third-order valence-corrected chi connectivity index (χ3v) is 10.7. The number of pyridine rings is 1. The molecule has 0 N–H and O–H groups in total.